The average Bonchev–Trinajstić information content (AvgIpc) is 3.78. The molecule has 5 aliphatic rings. The molecule has 3 aliphatic carbocycles. The molecule has 1 spiro atoms. The average molecular weight is 625 g/mol. The highest BCUT2D eigenvalue weighted by atomic mass is 35.5. The molecular weight excluding hydrogens is 584 g/mol. The Morgan fingerprint density at radius 3 is 2.67 bits per heavy atom. The van der Waals surface area contributed by atoms with E-state index >= 15 is 0 Å². The van der Waals surface area contributed by atoms with Crippen LogP contribution in [-0.4, -0.2) is 50.5 Å². The van der Waals surface area contributed by atoms with Crippen LogP contribution in [0.2, 0.25) is 5.02 Å². The summed E-state index contributed by atoms with van der Waals surface area (Å²) in [6, 6.07) is 11.5. The van der Waals surface area contributed by atoms with Crippen molar-refractivity contribution in [2.75, 3.05) is 24.6 Å². The molecule has 43 heavy (non-hydrogen) atoms. The Bertz CT molecular complexity index is 1560. The fourth-order valence-electron chi connectivity index (χ4n) is 8.22. The summed E-state index contributed by atoms with van der Waals surface area (Å²) < 4.78 is 36.2. The minimum Gasteiger partial charge on any atom is -0.490 e. The number of halogens is 1. The van der Waals surface area contributed by atoms with Crippen LogP contribution >= 0.6 is 11.6 Å². The van der Waals surface area contributed by atoms with Crippen molar-refractivity contribution in [2.24, 2.45) is 23.7 Å². The number of aliphatic hydroxyl groups is 1. The number of amides is 1. The summed E-state index contributed by atoms with van der Waals surface area (Å²) in [5, 5.41) is 11.3. The normalized spacial score (nSPS) is 34.5. The monoisotopic (exact) mass is 624 g/mol. The number of allylic oxidation sites excluding steroid dienone is 1. The number of ether oxygens (including phenoxy) is 1. The Balaban J connectivity index is 1.29. The van der Waals surface area contributed by atoms with Crippen LogP contribution in [0.1, 0.15) is 73.4 Å². The highest BCUT2D eigenvalue weighted by Gasteiger charge is 2.46. The van der Waals surface area contributed by atoms with E-state index in [1.54, 1.807) is 12.1 Å². The summed E-state index contributed by atoms with van der Waals surface area (Å²) in [5.41, 5.74) is 3.38. The van der Waals surface area contributed by atoms with Crippen LogP contribution in [0.15, 0.2) is 48.6 Å². The third-order valence-corrected chi connectivity index (χ3v) is 13.0. The number of aliphatic hydroxyl groups excluding tert-OH is 1. The zero-order valence-electron chi connectivity index (χ0n) is 24.7. The molecule has 2 N–H and O–H groups in total. The molecule has 0 unspecified atom stereocenters. The number of fused-ring (bicyclic) bond motifs is 4. The number of aryl methyl sites for hydroxylation is 1. The second-order valence-corrected chi connectivity index (χ2v) is 16.0. The lowest BCUT2D eigenvalue weighted by Crippen LogP contribution is -2.49. The first-order chi connectivity index (χ1) is 20.6. The molecule has 7 nitrogen and oxygen atoms in total. The minimum absolute atomic E-state index is 0.0499. The van der Waals surface area contributed by atoms with Crippen molar-refractivity contribution in [1.82, 2.24) is 4.72 Å². The van der Waals surface area contributed by atoms with E-state index in [0.717, 1.165) is 62.2 Å². The lowest BCUT2D eigenvalue weighted by atomic mass is 9.68. The zero-order chi connectivity index (χ0) is 29.9. The van der Waals surface area contributed by atoms with E-state index in [1.165, 1.54) is 11.1 Å². The number of carbonyl (C=O) groups is 1. The van der Waals surface area contributed by atoms with E-state index in [0.29, 0.717) is 36.8 Å². The summed E-state index contributed by atoms with van der Waals surface area (Å²) in [7, 11) is -3.91. The van der Waals surface area contributed by atoms with E-state index < -0.39 is 27.3 Å². The van der Waals surface area contributed by atoms with Gasteiger partial charge in [-0.05, 0) is 116 Å². The van der Waals surface area contributed by atoms with Crippen molar-refractivity contribution in [3.63, 3.8) is 0 Å². The molecule has 0 radical (unpaired) electrons. The van der Waals surface area contributed by atoms with Crippen LogP contribution in [0, 0.1) is 23.7 Å². The lowest BCUT2D eigenvalue weighted by molar-refractivity contribution is 0.0455. The summed E-state index contributed by atoms with van der Waals surface area (Å²) in [5.74, 6) is 0.393. The summed E-state index contributed by atoms with van der Waals surface area (Å²) >= 11 is 6.40. The molecule has 2 aliphatic heterocycles. The second-order valence-electron chi connectivity index (χ2n) is 13.7. The van der Waals surface area contributed by atoms with Gasteiger partial charge in [-0.2, -0.15) is 0 Å². The predicted molar refractivity (Wildman–Crippen MR) is 168 cm³/mol. The third-order valence-electron chi connectivity index (χ3n) is 10.8. The van der Waals surface area contributed by atoms with Gasteiger partial charge in [-0.15, -0.1) is 0 Å². The molecule has 1 amide bonds. The van der Waals surface area contributed by atoms with Gasteiger partial charge in [0.15, 0.2) is 0 Å². The summed E-state index contributed by atoms with van der Waals surface area (Å²) in [4.78, 5) is 15.9. The predicted octanol–water partition coefficient (Wildman–Crippen LogP) is 5.63. The molecule has 230 valence electrons. The van der Waals surface area contributed by atoms with Gasteiger partial charge in [0.05, 0.1) is 23.6 Å². The van der Waals surface area contributed by atoms with Crippen LogP contribution in [0.4, 0.5) is 5.69 Å². The van der Waals surface area contributed by atoms with Crippen LogP contribution in [-0.2, 0) is 21.9 Å². The van der Waals surface area contributed by atoms with Gasteiger partial charge >= 0.3 is 0 Å². The molecule has 2 aromatic rings. The van der Waals surface area contributed by atoms with Crippen molar-refractivity contribution in [2.45, 2.75) is 75.1 Å². The van der Waals surface area contributed by atoms with E-state index in [9.17, 15) is 18.3 Å². The Labute approximate surface area is 259 Å². The molecule has 6 atom stereocenters. The Kier molecular flexibility index (Phi) is 7.54. The number of carbonyl (C=O) groups excluding carboxylic acids is 1. The quantitative estimate of drug-likeness (QED) is 0.399. The largest absolute Gasteiger partial charge is 0.490 e. The fraction of sp³-hybridized carbons (Fsp3) is 0.559. The maximum absolute atomic E-state index is 13.6. The maximum Gasteiger partial charge on any atom is 0.264 e. The van der Waals surface area contributed by atoms with Gasteiger partial charge in [-0.1, -0.05) is 36.7 Å². The molecule has 0 saturated heterocycles. The number of hydrogen-bond acceptors (Lipinski definition) is 6. The molecule has 2 heterocycles. The van der Waals surface area contributed by atoms with Crippen molar-refractivity contribution in [1.29, 1.82) is 0 Å². The minimum atomic E-state index is -3.91. The fourth-order valence-corrected chi connectivity index (χ4v) is 10.4. The first kappa shape index (κ1) is 29.2. The van der Waals surface area contributed by atoms with Crippen molar-refractivity contribution in [3.05, 3.63) is 70.3 Å². The van der Waals surface area contributed by atoms with Crippen molar-refractivity contribution < 1.29 is 23.1 Å². The zero-order valence-corrected chi connectivity index (χ0v) is 26.2. The van der Waals surface area contributed by atoms with Crippen LogP contribution in [0.3, 0.4) is 0 Å². The first-order valence-electron chi connectivity index (χ1n) is 15.8. The number of hydrogen-bond donors (Lipinski definition) is 2. The topological polar surface area (TPSA) is 95.9 Å². The number of sulfonamides is 1. The van der Waals surface area contributed by atoms with E-state index in [-0.39, 0.29) is 23.2 Å². The Morgan fingerprint density at radius 1 is 1.09 bits per heavy atom. The highest BCUT2D eigenvalue weighted by Crippen LogP contribution is 2.47. The maximum atomic E-state index is 13.6. The molecule has 2 aromatic carbocycles. The Morgan fingerprint density at radius 2 is 1.91 bits per heavy atom. The van der Waals surface area contributed by atoms with E-state index in [4.69, 9.17) is 16.3 Å². The number of nitrogens with one attached hydrogen (secondary N) is 1. The van der Waals surface area contributed by atoms with Gasteiger partial charge in [-0.3, -0.25) is 4.79 Å². The van der Waals surface area contributed by atoms with Crippen molar-refractivity contribution in [3.8, 4) is 5.75 Å². The molecule has 2 saturated carbocycles. The van der Waals surface area contributed by atoms with E-state index in [2.05, 4.69) is 21.8 Å². The van der Waals surface area contributed by atoms with Crippen LogP contribution in [0.5, 0.6) is 5.75 Å². The van der Waals surface area contributed by atoms with Crippen LogP contribution in [0.25, 0.3) is 0 Å². The van der Waals surface area contributed by atoms with Gasteiger partial charge in [0.2, 0.25) is 10.0 Å². The SMILES string of the molecule is C[C@@H]1C/C=C/[C@H](O)[C@@H]2CC[C@H]2CN2C[C@@]3(CCCc4cc(Cl)ccc43)COc3ccc(cc32)C(=O)NS(=O)(=O)[C@H]1C1CC1. The van der Waals surface area contributed by atoms with E-state index in [1.807, 2.05) is 31.2 Å². The Hall–Kier alpha value is -2.55. The first-order valence-corrected chi connectivity index (χ1v) is 17.8. The van der Waals surface area contributed by atoms with Crippen molar-refractivity contribution >= 4 is 33.2 Å². The number of anilines is 1. The highest BCUT2D eigenvalue weighted by molar-refractivity contribution is 7.90. The third kappa shape index (κ3) is 5.48. The summed E-state index contributed by atoms with van der Waals surface area (Å²) in [6.07, 6.45) is 10.4. The number of nitrogens with zero attached hydrogens (tertiary/aromatic N) is 1. The number of rotatable bonds is 1. The van der Waals surface area contributed by atoms with Gasteiger partial charge < -0.3 is 14.7 Å². The molecule has 2 bridgehead atoms. The van der Waals surface area contributed by atoms with Gasteiger partial charge in [-0.25, -0.2) is 13.1 Å². The van der Waals surface area contributed by atoms with Crippen LogP contribution < -0.4 is 14.4 Å². The molecule has 7 rings (SSSR count). The summed E-state index contributed by atoms with van der Waals surface area (Å²) in [6.45, 7) is 3.86. The second kappa shape index (κ2) is 11.1. The van der Waals surface area contributed by atoms with Gasteiger partial charge in [0, 0.05) is 29.1 Å². The van der Waals surface area contributed by atoms with Gasteiger partial charge in [0.25, 0.3) is 5.91 Å². The van der Waals surface area contributed by atoms with Gasteiger partial charge in [0.1, 0.15) is 5.75 Å². The smallest absolute Gasteiger partial charge is 0.264 e. The lowest BCUT2D eigenvalue weighted by Gasteiger charge is -2.45. The molecular formula is C34H41ClN2O5S. The number of benzene rings is 2. The molecule has 9 heteroatoms. The molecule has 2 fully saturated rings. The molecule has 0 aromatic heterocycles. The standard InChI is InChI=1S/C34H41ClN2O5S/c1-21-4-2-6-30(38)27-12-9-25(27)18-37-19-34(15-3-5-23-16-26(35)11-13-28(23)34)20-42-31-14-10-24(17-29(31)37)33(39)36-43(40,41)32(21)22-7-8-22/h2,6,10-11,13-14,16-17,21-22,25,27,30,32,38H,3-5,7-9,12,15,18-20H2,1H3,(H,36,39)/b6-2+/t21-,25+,27-,30+,32-,34+/m1/s1.